The first-order valence-corrected chi connectivity index (χ1v) is 26.7. The van der Waals surface area contributed by atoms with E-state index >= 15 is 0 Å². The molecule has 1 unspecified atom stereocenters. The van der Waals surface area contributed by atoms with Crippen molar-refractivity contribution in [3.63, 3.8) is 0 Å². The quantitative estimate of drug-likeness (QED) is 0.0198. The van der Waals surface area contributed by atoms with Gasteiger partial charge in [-0.05, 0) is 116 Å². The summed E-state index contributed by atoms with van der Waals surface area (Å²) < 4.78 is 33.0. The Labute approximate surface area is 384 Å². The number of rotatable bonds is 47. The Morgan fingerprint density at radius 1 is 0.460 bits per heavy atom. The second-order valence-corrected chi connectivity index (χ2v) is 18.4. The molecule has 4 N–H and O–H groups in total. The Hall–Kier alpha value is -2.11. The highest BCUT2D eigenvalue weighted by Gasteiger charge is 2.28. The largest absolute Gasteiger partial charge is 0.472 e. The molecular weight excluding hydrogens is 820 g/mol. The lowest BCUT2D eigenvalue weighted by molar-refractivity contribution is -0.161. The van der Waals surface area contributed by atoms with Gasteiger partial charge in [0.15, 0.2) is 6.10 Å². The van der Waals surface area contributed by atoms with Crippen LogP contribution >= 0.6 is 7.82 Å². The zero-order valence-corrected chi connectivity index (χ0v) is 40.8. The summed E-state index contributed by atoms with van der Waals surface area (Å²) in [5, 5.41) is 28.2. The van der Waals surface area contributed by atoms with E-state index in [1.54, 1.807) is 0 Å². The summed E-state index contributed by atoms with van der Waals surface area (Å²) in [5.74, 6) is -0.990. The standard InChI is InChI=1S/C51H93O11P/c1-3-5-7-9-11-13-15-17-19-21-23-25-27-29-31-33-35-37-39-41-50(55)59-44-47(45-60-63(57,58)61-46-49(54)48(53)43-52)62-51(56)42-40-38-36-34-32-30-28-26-24-22-20-18-16-14-12-10-8-6-4-2/h11-14,23-26,47-49,52-54H,3-10,15-22,27-46H2,1-2H3,(H,57,58)/t47-,48-,49-/m1/s1. The number of hydrogen-bond acceptors (Lipinski definition) is 10. The minimum atomic E-state index is -4.75. The lowest BCUT2D eigenvalue weighted by Crippen LogP contribution is -2.33. The van der Waals surface area contributed by atoms with Gasteiger partial charge in [0.05, 0.1) is 19.8 Å². The van der Waals surface area contributed by atoms with Crippen LogP contribution in [-0.2, 0) is 32.7 Å². The van der Waals surface area contributed by atoms with Crippen molar-refractivity contribution in [1.29, 1.82) is 0 Å². The average Bonchev–Trinajstić information content (AvgIpc) is 3.27. The summed E-state index contributed by atoms with van der Waals surface area (Å²) >= 11 is 0. The predicted octanol–water partition coefficient (Wildman–Crippen LogP) is 13.0. The molecule has 0 aromatic heterocycles. The fourth-order valence-corrected chi connectivity index (χ4v) is 7.50. The van der Waals surface area contributed by atoms with E-state index in [2.05, 4.69) is 62.5 Å². The molecule has 0 aliphatic carbocycles. The van der Waals surface area contributed by atoms with E-state index in [1.165, 1.54) is 89.9 Å². The van der Waals surface area contributed by atoms with E-state index in [4.69, 9.17) is 23.6 Å². The van der Waals surface area contributed by atoms with Gasteiger partial charge in [0, 0.05) is 12.8 Å². The number of ether oxygens (including phenoxy) is 2. The molecule has 0 radical (unpaired) electrons. The molecular formula is C51H93O11P. The number of aliphatic hydroxyl groups is 3. The molecule has 0 spiro atoms. The Balaban J connectivity index is 4.36. The first-order chi connectivity index (χ1) is 30.6. The molecule has 368 valence electrons. The first kappa shape index (κ1) is 60.9. The van der Waals surface area contributed by atoms with Crippen molar-refractivity contribution in [2.75, 3.05) is 26.4 Å². The Morgan fingerprint density at radius 2 is 0.794 bits per heavy atom. The first-order valence-electron chi connectivity index (χ1n) is 25.2. The minimum absolute atomic E-state index is 0.147. The number of unbranched alkanes of at least 4 members (excludes halogenated alkanes) is 24. The maximum atomic E-state index is 12.7. The van der Waals surface area contributed by atoms with Gasteiger partial charge in [-0.3, -0.25) is 18.6 Å². The van der Waals surface area contributed by atoms with Gasteiger partial charge in [0.2, 0.25) is 0 Å². The second kappa shape index (κ2) is 46.4. The maximum absolute atomic E-state index is 12.7. The Kier molecular flexibility index (Phi) is 44.9. The molecule has 0 bridgehead atoms. The molecule has 4 atom stereocenters. The molecule has 63 heavy (non-hydrogen) atoms. The third kappa shape index (κ3) is 44.9. The molecule has 0 amide bonds. The topological polar surface area (TPSA) is 169 Å². The van der Waals surface area contributed by atoms with Crippen LogP contribution in [0.15, 0.2) is 48.6 Å². The number of hydrogen-bond donors (Lipinski definition) is 4. The number of allylic oxidation sites excluding steroid dienone is 8. The highest BCUT2D eigenvalue weighted by atomic mass is 31.2. The van der Waals surface area contributed by atoms with Crippen LogP contribution in [0.25, 0.3) is 0 Å². The van der Waals surface area contributed by atoms with E-state index in [0.717, 1.165) is 89.9 Å². The average molecular weight is 913 g/mol. The van der Waals surface area contributed by atoms with Crippen LogP contribution in [0, 0.1) is 0 Å². The highest BCUT2D eigenvalue weighted by molar-refractivity contribution is 7.47. The molecule has 12 heteroatoms. The lowest BCUT2D eigenvalue weighted by Gasteiger charge is -2.21. The number of phosphoric ester groups is 1. The second-order valence-electron chi connectivity index (χ2n) is 16.9. The fraction of sp³-hybridized carbons (Fsp3) is 0.804. The van der Waals surface area contributed by atoms with E-state index in [1.807, 2.05) is 0 Å². The van der Waals surface area contributed by atoms with Crippen LogP contribution < -0.4 is 0 Å². The summed E-state index contributed by atoms with van der Waals surface area (Å²) in [6.07, 6.45) is 48.4. The van der Waals surface area contributed by atoms with Crippen LogP contribution in [0.4, 0.5) is 0 Å². The minimum Gasteiger partial charge on any atom is -0.462 e. The zero-order valence-electron chi connectivity index (χ0n) is 39.9. The van der Waals surface area contributed by atoms with Crippen LogP contribution in [-0.4, -0.2) is 76.9 Å². The van der Waals surface area contributed by atoms with Gasteiger partial charge in [-0.25, -0.2) is 4.57 Å². The van der Waals surface area contributed by atoms with Gasteiger partial charge in [-0.2, -0.15) is 0 Å². The normalized spacial score (nSPS) is 14.6. The van der Waals surface area contributed by atoms with Gasteiger partial charge in [-0.15, -0.1) is 0 Å². The molecule has 0 aliphatic heterocycles. The number of aliphatic hydroxyl groups excluding tert-OH is 3. The molecule has 0 fully saturated rings. The van der Waals surface area contributed by atoms with Gasteiger partial charge < -0.3 is 29.7 Å². The van der Waals surface area contributed by atoms with E-state index < -0.39 is 57.9 Å². The molecule has 0 rings (SSSR count). The third-order valence-electron chi connectivity index (χ3n) is 10.8. The van der Waals surface area contributed by atoms with Gasteiger partial charge in [0.25, 0.3) is 0 Å². The van der Waals surface area contributed by atoms with Gasteiger partial charge in [-0.1, -0.05) is 140 Å². The number of carbonyl (C=O) groups is 2. The van der Waals surface area contributed by atoms with E-state index in [-0.39, 0.29) is 19.4 Å². The Bertz CT molecular complexity index is 1200. The monoisotopic (exact) mass is 913 g/mol. The summed E-state index contributed by atoms with van der Waals surface area (Å²) in [7, 11) is -4.75. The molecule has 0 aromatic carbocycles. The van der Waals surface area contributed by atoms with Crippen LogP contribution in [0.5, 0.6) is 0 Å². The van der Waals surface area contributed by atoms with Crippen molar-refractivity contribution in [3.8, 4) is 0 Å². The zero-order chi connectivity index (χ0) is 46.3. The predicted molar refractivity (Wildman–Crippen MR) is 257 cm³/mol. The SMILES string of the molecule is CCCCCC=CCCCCC=CCCCCCCCCC(=O)OC[C@H](COP(=O)(O)OC[C@@H](O)[C@H](O)CO)OC(=O)CCCCCCCCC=CCCCCC=CCCCCC. The lowest BCUT2D eigenvalue weighted by atomic mass is 10.1. The van der Waals surface area contributed by atoms with E-state index in [9.17, 15) is 29.3 Å². The van der Waals surface area contributed by atoms with Crippen LogP contribution in [0.2, 0.25) is 0 Å². The molecule has 0 saturated heterocycles. The number of carbonyl (C=O) groups excluding carboxylic acids is 2. The van der Waals surface area contributed by atoms with Crippen molar-refractivity contribution >= 4 is 19.8 Å². The van der Waals surface area contributed by atoms with Crippen LogP contribution in [0.1, 0.15) is 219 Å². The maximum Gasteiger partial charge on any atom is 0.472 e. The van der Waals surface area contributed by atoms with Crippen molar-refractivity contribution in [3.05, 3.63) is 48.6 Å². The Morgan fingerprint density at radius 3 is 1.19 bits per heavy atom. The molecule has 0 heterocycles. The van der Waals surface area contributed by atoms with Crippen molar-refractivity contribution < 1.29 is 52.9 Å². The number of esters is 2. The molecule has 0 aliphatic rings. The smallest absolute Gasteiger partial charge is 0.462 e. The van der Waals surface area contributed by atoms with Crippen molar-refractivity contribution in [1.82, 2.24) is 0 Å². The summed E-state index contributed by atoms with van der Waals surface area (Å²) in [6.45, 7) is 1.97. The summed E-state index contributed by atoms with van der Waals surface area (Å²) in [5.41, 5.74) is 0. The van der Waals surface area contributed by atoms with Crippen LogP contribution in [0.3, 0.4) is 0 Å². The van der Waals surface area contributed by atoms with Gasteiger partial charge in [0.1, 0.15) is 18.8 Å². The van der Waals surface area contributed by atoms with E-state index in [0.29, 0.717) is 12.8 Å². The molecule has 0 aromatic rings. The van der Waals surface area contributed by atoms with Crippen molar-refractivity contribution in [2.45, 2.75) is 238 Å². The highest BCUT2D eigenvalue weighted by Crippen LogP contribution is 2.43. The molecule has 11 nitrogen and oxygen atoms in total. The fourth-order valence-electron chi connectivity index (χ4n) is 6.73. The van der Waals surface area contributed by atoms with Gasteiger partial charge >= 0.3 is 19.8 Å². The summed E-state index contributed by atoms with van der Waals surface area (Å²) in [6, 6.07) is 0. The third-order valence-corrected chi connectivity index (χ3v) is 11.7. The van der Waals surface area contributed by atoms with Crippen molar-refractivity contribution in [2.24, 2.45) is 0 Å². The molecule has 0 saturated carbocycles. The number of phosphoric acid groups is 1. The summed E-state index contributed by atoms with van der Waals surface area (Å²) in [4.78, 5) is 35.3.